The standard InChI is InChI=1S/C27H29N5O2/c33-26(22-5-2-1-3-6-22)31-15-12-21(13-16-31)17-20-8-10-24(11-9-20)29-27(34)32-18-23(19-32)25-7-4-14-28-30-25/h1-11,14,21,23H,12-13,15-19H2,(H,29,34). The van der Waals surface area contributed by atoms with Crippen LogP contribution in [0.3, 0.4) is 0 Å². The van der Waals surface area contributed by atoms with Gasteiger partial charge in [0.05, 0.1) is 5.69 Å². The van der Waals surface area contributed by atoms with Crippen molar-refractivity contribution in [3.05, 3.63) is 89.7 Å². The summed E-state index contributed by atoms with van der Waals surface area (Å²) in [6.07, 6.45) is 4.68. The van der Waals surface area contributed by atoms with Crippen molar-refractivity contribution in [2.45, 2.75) is 25.2 Å². The number of anilines is 1. The van der Waals surface area contributed by atoms with E-state index in [-0.39, 0.29) is 17.9 Å². The second-order valence-corrected chi connectivity index (χ2v) is 9.18. The molecule has 2 saturated heterocycles. The second-order valence-electron chi connectivity index (χ2n) is 9.18. The van der Waals surface area contributed by atoms with Crippen molar-refractivity contribution >= 4 is 17.6 Å². The van der Waals surface area contributed by atoms with Crippen molar-refractivity contribution in [2.24, 2.45) is 5.92 Å². The summed E-state index contributed by atoms with van der Waals surface area (Å²) in [4.78, 5) is 28.9. The fraction of sp³-hybridized carbons (Fsp3) is 0.333. The van der Waals surface area contributed by atoms with E-state index in [1.165, 1.54) is 5.56 Å². The Morgan fingerprint density at radius 2 is 1.62 bits per heavy atom. The average Bonchev–Trinajstić information content (AvgIpc) is 2.86. The Kier molecular flexibility index (Phi) is 6.51. The minimum Gasteiger partial charge on any atom is -0.339 e. The number of carbonyl (C=O) groups excluding carboxylic acids is 2. The zero-order chi connectivity index (χ0) is 23.3. The fourth-order valence-electron chi connectivity index (χ4n) is 4.73. The molecule has 2 aliphatic heterocycles. The first kappa shape index (κ1) is 22.1. The van der Waals surface area contributed by atoms with Gasteiger partial charge in [0.15, 0.2) is 0 Å². The number of carbonyl (C=O) groups is 2. The highest BCUT2D eigenvalue weighted by molar-refractivity contribution is 5.94. The van der Waals surface area contributed by atoms with Gasteiger partial charge in [-0.05, 0) is 67.1 Å². The number of piperidine rings is 1. The number of benzene rings is 2. The lowest BCUT2D eigenvalue weighted by Gasteiger charge is -2.38. The molecule has 7 nitrogen and oxygen atoms in total. The molecule has 1 aromatic heterocycles. The summed E-state index contributed by atoms with van der Waals surface area (Å²) in [6.45, 7) is 2.93. The summed E-state index contributed by atoms with van der Waals surface area (Å²) >= 11 is 0. The third-order valence-electron chi connectivity index (χ3n) is 6.83. The van der Waals surface area contributed by atoms with Crippen LogP contribution in [0.1, 0.15) is 40.4 Å². The van der Waals surface area contributed by atoms with Gasteiger partial charge in [-0.1, -0.05) is 30.3 Å². The molecule has 2 aromatic carbocycles. The number of likely N-dealkylation sites (tertiary alicyclic amines) is 2. The molecule has 34 heavy (non-hydrogen) atoms. The molecule has 0 aliphatic carbocycles. The van der Waals surface area contributed by atoms with Crippen LogP contribution >= 0.6 is 0 Å². The molecule has 0 saturated carbocycles. The van der Waals surface area contributed by atoms with Gasteiger partial charge >= 0.3 is 6.03 Å². The third kappa shape index (κ3) is 5.09. The molecule has 2 fully saturated rings. The smallest absolute Gasteiger partial charge is 0.321 e. The number of urea groups is 1. The van der Waals surface area contributed by atoms with E-state index in [1.807, 2.05) is 59.5 Å². The van der Waals surface area contributed by atoms with Gasteiger partial charge in [-0.25, -0.2) is 4.79 Å². The number of hydrogen-bond acceptors (Lipinski definition) is 4. The lowest BCUT2D eigenvalue weighted by atomic mass is 9.90. The van der Waals surface area contributed by atoms with Crippen LogP contribution in [0, 0.1) is 5.92 Å². The predicted molar refractivity (Wildman–Crippen MR) is 131 cm³/mol. The van der Waals surface area contributed by atoms with Crippen LogP contribution in [0.5, 0.6) is 0 Å². The highest BCUT2D eigenvalue weighted by Gasteiger charge is 2.32. The number of nitrogens with one attached hydrogen (secondary N) is 1. The Labute approximate surface area is 199 Å². The van der Waals surface area contributed by atoms with Crippen LogP contribution in [-0.2, 0) is 6.42 Å². The maximum absolute atomic E-state index is 12.6. The highest BCUT2D eigenvalue weighted by Crippen LogP contribution is 2.26. The maximum Gasteiger partial charge on any atom is 0.321 e. The molecule has 0 unspecified atom stereocenters. The summed E-state index contributed by atoms with van der Waals surface area (Å²) in [5.41, 5.74) is 3.77. The number of aromatic nitrogens is 2. The van der Waals surface area contributed by atoms with Crippen molar-refractivity contribution in [1.82, 2.24) is 20.0 Å². The Morgan fingerprint density at radius 3 is 2.29 bits per heavy atom. The summed E-state index contributed by atoms with van der Waals surface area (Å²) in [5, 5.41) is 11.0. The van der Waals surface area contributed by atoms with E-state index in [4.69, 9.17) is 0 Å². The molecule has 0 atom stereocenters. The molecular formula is C27H29N5O2. The maximum atomic E-state index is 12.6. The lowest BCUT2D eigenvalue weighted by molar-refractivity contribution is 0.0690. The first-order chi connectivity index (χ1) is 16.7. The average molecular weight is 456 g/mol. The number of hydrogen-bond donors (Lipinski definition) is 1. The predicted octanol–water partition coefficient (Wildman–Crippen LogP) is 4.20. The van der Waals surface area contributed by atoms with Gasteiger partial charge in [0, 0.05) is 49.5 Å². The van der Waals surface area contributed by atoms with Gasteiger partial charge in [-0.15, -0.1) is 0 Å². The molecule has 0 spiro atoms. The normalized spacial score (nSPS) is 16.7. The topological polar surface area (TPSA) is 78.4 Å². The molecule has 1 N–H and O–H groups in total. The first-order valence-corrected chi connectivity index (χ1v) is 11.9. The van der Waals surface area contributed by atoms with E-state index in [2.05, 4.69) is 27.6 Å². The Balaban J connectivity index is 1.06. The summed E-state index contributed by atoms with van der Waals surface area (Å²) in [5.74, 6) is 0.958. The van der Waals surface area contributed by atoms with Crippen LogP contribution in [0.4, 0.5) is 10.5 Å². The van der Waals surface area contributed by atoms with Crippen LogP contribution in [-0.4, -0.2) is 58.1 Å². The van der Waals surface area contributed by atoms with Crippen molar-refractivity contribution in [3.63, 3.8) is 0 Å². The van der Waals surface area contributed by atoms with Gasteiger partial charge < -0.3 is 15.1 Å². The van der Waals surface area contributed by atoms with Crippen molar-refractivity contribution in [1.29, 1.82) is 0 Å². The molecular weight excluding hydrogens is 426 g/mol. The molecule has 2 aliphatic rings. The second kappa shape index (κ2) is 10.0. The van der Waals surface area contributed by atoms with Crippen molar-refractivity contribution in [2.75, 3.05) is 31.5 Å². The van der Waals surface area contributed by atoms with Crippen LogP contribution < -0.4 is 5.32 Å². The van der Waals surface area contributed by atoms with E-state index in [9.17, 15) is 9.59 Å². The Bertz CT molecular complexity index is 1110. The van der Waals surface area contributed by atoms with E-state index in [1.54, 1.807) is 11.1 Å². The largest absolute Gasteiger partial charge is 0.339 e. The van der Waals surface area contributed by atoms with Crippen LogP contribution in [0.25, 0.3) is 0 Å². The van der Waals surface area contributed by atoms with E-state index in [0.717, 1.165) is 49.3 Å². The Morgan fingerprint density at radius 1 is 0.882 bits per heavy atom. The number of rotatable bonds is 5. The SMILES string of the molecule is O=C(Nc1ccc(CC2CCN(C(=O)c3ccccc3)CC2)cc1)N1CC(c2cccnn2)C1. The Hall–Kier alpha value is -3.74. The molecule has 5 rings (SSSR count). The van der Waals surface area contributed by atoms with Crippen molar-refractivity contribution in [3.8, 4) is 0 Å². The van der Waals surface area contributed by atoms with E-state index in [0.29, 0.717) is 19.0 Å². The minimum atomic E-state index is -0.0802. The summed E-state index contributed by atoms with van der Waals surface area (Å²) < 4.78 is 0. The first-order valence-electron chi connectivity index (χ1n) is 11.9. The quantitative estimate of drug-likeness (QED) is 0.625. The van der Waals surface area contributed by atoms with Crippen LogP contribution in [0.2, 0.25) is 0 Å². The van der Waals surface area contributed by atoms with Gasteiger partial charge in [0.25, 0.3) is 5.91 Å². The molecule has 7 heteroatoms. The van der Waals surface area contributed by atoms with E-state index >= 15 is 0 Å². The minimum absolute atomic E-state index is 0.0802. The van der Waals surface area contributed by atoms with Gasteiger partial charge in [-0.3, -0.25) is 4.79 Å². The molecule has 3 heterocycles. The van der Waals surface area contributed by atoms with Crippen molar-refractivity contribution < 1.29 is 9.59 Å². The zero-order valence-electron chi connectivity index (χ0n) is 19.1. The molecule has 3 amide bonds. The van der Waals surface area contributed by atoms with Gasteiger partial charge in [0.2, 0.25) is 0 Å². The molecule has 174 valence electrons. The van der Waals surface area contributed by atoms with E-state index < -0.39 is 0 Å². The molecule has 0 radical (unpaired) electrons. The third-order valence-corrected chi connectivity index (χ3v) is 6.83. The summed E-state index contributed by atoms with van der Waals surface area (Å²) in [7, 11) is 0. The molecule has 0 bridgehead atoms. The fourth-order valence-corrected chi connectivity index (χ4v) is 4.73. The number of amides is 3. The highest BCUT2D eigenvalue weighted by atomic mass is 16.2. The molecule has 3 aromatic rings. The lowest BCUT2D eigenvalue weighted by Crippen LogP contribution is -2.50. The zero-order valence-corrected chi connectivity index (χ0v) is 19.1. The van der Waals surface area contributed by atoms with Crippen LogP contribution in [0.15, 0.2) is 72.9 Å². The summed E-state index contributed by atoms with van der Waals surface area (Å²) in [6, 6.07) is 21.4. The van der Waals surface area contributed by atoms with Gasteiger partial charge in [0.1, 0.15) is 0 Å². The number of nitrogens with zero attached hydrogens (tertiary/aromatic N) is 4. The monoisotopic (exact) mass is 455 g/mol. The van der Waals surface area contributed by atoms with Gasteiger partial charge in [-0.2, -0.15) is 10.2 Å².